The number of likely N-dealkylation sites (tertiary alicyclic amines) is 1. The van der Waals surface area contributed by atoms with E-state index in [2.05, 4.69) is 10.2 Å². The molecule has 3 rings (SSSR count). The van der Waals surface area contributed by atoms with E-state index in [9.17, 15) is 15.0 Å². The number of para-hydroxylation sites is 2. The molecule has 1 amide bonds. The fraction of sp³-hybridized carbons (Fsp3) is 0.440. The molecule has 35 heavy (non-hydrogen) atoms. The fourth-order valence-corrected chi connectivity index (χ4v) is 3.73. The van der Waals surface area contributed by atoms with Crippen molar-refractivity contribution in [3.8, 4) is 11.5 Å². The average molecular weight is 569 g/mol. The topological polar surface area (TPSA) is 108 Å². The van der Waals surface area contributed by atoms with E-state index in [1.54, 1.807) is 43.3 Å². The van der Waals surface area contributed by atoms with Crippen LogP contribution in [0.3, 0.4) is 0 Å². The SMILES string of the molecule is CC(O)C([AsH2])C(=O)Nc1ccccc1OCC(O)CN1CCC(Oc2ccc(Cl)cc2)C1.CC=O. The molecule has 5 atom stereocenters. The van der Waals surface area contributed by atoms with Gasteiger partial charge in [0, 0.05) is 5.02 Å². The largest absolute Gasteiger partial charge is 0.304 e. The molecule has 0 saturated carbocycles. The van der Waals surface area contributed by atoms with Crippen molar-refractivity contribution in [2.45, 2.75) is 43.3 Å². The zero-order valence-electron chi connectivity index (χ0n) is 20.0. The number of carbonyl (C=O) groups excluding carboxylic acids is 2. The number of halogens is 1. The van der Waals surface area contributed by atoms with Crippen LogP contribution in [0.2, 0.25) is 9.73 Å². The van der Waals surface area contributed by atoms with E-state index < -0.39 is 16.9 Å². The zero-order valence-corrected chi connectivity index (χ0v) is 23.1. The van der Waals surface area contributed by atoms with Gasteiger partial charge in [0.15, 0.2) is 0 Å². The number of carbonyl (C=O) groups is 2. The van der Waals surface area contributed by atoms with Crippen LogP contribution in [0.4, 0.5) is 5.69 Å². The number of nitrogens with zero attached hydrogens (tertiary/aromatic N) is 1. The molecule has 1 heterocycles. The van der Waals surface area contributed by atoms with Gasteiger partial charge in [-0.2, -0.15) is 0 Å². The number of aldehydes is 1. The van der Waals surface area contributed by atoms with Crippen molar-refractivity contribution in [2.75, 3.05) is 31.6 Å². The van der Waals surface area contributed by atoms with Gasteiger partial charge in [0.2, 0.25) is 0 Å². The van der Waals surface area contributed by atoms with E-state index >= 15 is 0 Å². The van der Waals surface area contributed by atoms with Gasteiger partial charge in [-0.3, -0.25) is 0 Å². The molecule has 5 unspecified atom stereocenters. The van der Waals surface area contributed by atoms with Crippen LogP contribution >= 0.6 is 11.6 Å². The third kappa shape index (κ3) is 10.2. The Kier molecular flexibility index (Phi) is 12.6. The van der Waals surface area contributed by atoms with Crippen LogP contribution in [0.15, 0.2) is 48.5 Å². The van der Waals surface area contributed by atoms with Crippen LogP contribution in [0.5, 0.6) is 11.5 Å². The number of aliphatic hydroxyl groups excluding tert-OH is 2. The van der Waals surface area contributed by atoms with Crippen molar-refractivity contribution in [1.29, 1.82) is 0 Å². The van der Waals surface area contributed by atoms with Crippen LogP contribution in [0, 0.1) is 0 Å². The van der Waals surface area contributed by atoms with Crippen molar-refractivity contribution >= 4 is 46.3 Å². The summed E-state index contributed by atoms with van der Waals surface area (Å²) >= 11 is 7.07. The van der Waals surface area contributed by atoms with Crippen LogP contribution in [-0.2, 0) is 9.59 Å². The summed E-state index contributed by atoms with van der Waals surface area (Å²) in [4.78, 5) is 23.2. The van der Waals surface area contributed by atoms with E-state index in [1.807, 2.05) is 12.1 Å². The van der Waals surface area contributed by atoms with Gasteiger partial charge in [0.25, 0.3) is 0 Å². The van der Waals surface area contributed by atoms with Gasteiger partial charge in [-0.05, 0) is 31.2 Å². The number of hydrogen-bond acceptors (Lipinski definition) is 7. The number of ether oxygens (including phenoxy) is 2. The Bertz CT molecular complexity index is 930. The number of aliphatic hydroxyl groups is 2. The Hall–Kier alpha value is -2.09. The quantitative estimate of drug-likeness (QED) is 0.298. The summed E-state index contributed by atoms with van der Waals surface area (Å²) in [7, 11) is 0. The van der Waals surface area contributed by atoms with Crippen molar-refractivity contribution in [3.63, 3.8) is 0 Å². The van der Waals surface area contributed by atoms with Crippen molar-refractivity contribution in [2.24, 2.45) is 0 Å². The average Bonchev–Trinajstić information content (AvgIpc) is 3.26. The maximum Gasteiger partial charge on any atom is 0.116 e. The minimum atomic E-state index is -0.724. The second kappa shape index (κ2) is 15.1. The van der Waals surface area contributed by atoms with Gasteiger partial charge < -0.3 is 9.53 Å². The van der Waals surface area contributed by atoms with Crippen LogP contribution in [-0.4, -0.2) is 88.7 Å². The number of β-amino-alcohol motifs (C(OH)–C–C–N with tert-alkyl or cyclic N) is 1. The van der Waals surface area contributed by atoms with Crippen molar-refractivity contribution < 1.29 is 29.3 Å². The molecule has 1 aliphatic heterocycles. The van der Waals surface area contributed by atoms with E-state index in [4.69, 9.17) is 25.9 Å². The van der Waals surface area contributed by atoms with E-state index in [0.29, 0.717) is 23.0 Å². The normalized spacial score (nSPS) is 17.9. The third-order valence-electron chi connectivity index (χ3n) is 5.21. The molecule has 2 aromatic rings. The number of benzene rings is 2. The molecule has 0 aliphatic carbocycles. The molecule has 10 heteroatoms. The number of rotatable bonds is 10. The summed E-state index contributed by atoms with van der Waals surface area (Å²) in [5.74, 6) is 1.01. The number of amides is 1. The van der Waals surface area contributed by atoms with Gasteiger partial charge in [-0.25, -0.2) is 0 Å². The maximum absolute atomic E-state index is 12.3. The molecule has 192 valence electrons. The smallest absolute Gasteiger partial charge is 0.116 e. The minimum absolute atomic E-state index is 0.0673. The molecule has 1 fully saturated rings. The van der Waals surface area contributed by atoms with Gasteiger partial charge >= 0.3 is 151 Å². The molecule has 3 N–H and O–H groups in total. The summed E-state index contributed by atoms with van der Waals surface area (Å²) in [5, 5.41) is 23.6. The monoisotopic (exact) mass is 568 g/mol. The number of nitrogens with one attached hydrogen (secondary N) is 1. The molecular formula is C25H34AsClN2O6. The van der Waals surface area contributed by atoms with Gasteiger partial charge in [0.1, 0.15) is 12.0 Å². The van der Waals surface area contributed by atoms with Gasteiger partial charge in [-0.15, -0.1) is 0 Å². The Morgan fingerprint density at radius 2 is 1.91 bits per heavy atom. The Morgan fingerprint density at radius 1 is 1.26 bits per heavy atom. The Balaban J connectivity index is 0.00000137. The Morgan fingerprint density at radius 3 is 2.57 bits per heavy atom. The molecule has 8 nitrogen and oxygen atoms in total. The van der Waals surface area contributed by atoms with E-state index in [0.717, 1.165) is 48.4 Å². The van der Waals surface area contributed by atoms with Crippen molar-refractivity contribution in [3.05, 3.63) is 53.6 Å². The van der Waals surface area contributed by atoms with E-state index in [1.165, 1.54) is 6.92 Å². The maximum atomic E-state index is 12.3. The molecule has 1 saturated heterocycles. The van der Waals surface area contributed by atoms with Crippen LogP contribution in [0.25, 0.3) is 0 Å². The standard InChI is InChI=1S/C23H30AsClN2O5.C2H4O/c1-15(28)22(24)23(30)26-20-4-2-3-5-21(20)31-14-17(29)12-27-11-10-19(13-27)32-18-8-6-16(25)7-9-18;1-2-3/h2-9,15,17,19,22,28-29H,10-14,24H2,1H3,(H,26,30);2H,1H3. The van der Waals surface area contributed by atoms with Gasteiger partial charge in [-0.1, -0.05) is 11.6 Å². The summed E-state index contributed by atoms with van der Waals surface area (Å²) in [6.07, 6.45) is 0.289. The second-order valence-corrected chi connectivity index (χ2v) is 10.1. The third-order valence-corrected chi connectivity index (χ3v) is 7.27. The first-order valence-corrected chi connectivity index (χ1v) is 13.2. The molecule has 0 spiro atoms. The van der Waals surface area contributed by atoms with Gasteiger partial charge in [0.05, 0.1) is 0 Å². The van der Waals surface area contributed by atoms with Crippen LogP contribution < -0.4 is 14.8 Å². The number of hydrogen-bond donors (Lipinski definition) is 3. The summed E-state index contributed by atoms with van der Waals surface area (Å²) in [5.41, 5.74) is 0.519. The van der Waals surface area contributed by atoms with E-state index in [-0.39, 0.29) is 18.6 Å². The Labute approximate surface area is 220 Å². The fourth-order valence-electron chi connectivity index (χ4n) is 3.43. The first kappa shape index (κ1) is 29.1. The predicted octanol–water partition coefficient (Wildman–Crippen LogP) is 2.18. The molecular weight excluding hydrogens is 535 g/mol. The predicted molar refractivity (Wildman–Crippen MR) is 139 cm³/mol. The minimum Gasteiger partial charge on any atom is -0.304 e. The molecule has 0 radical (unpaired) electrons. The number of anilines is 1. The first-order chi connectivity index (χ1) is 16.7. The summed E-state index contributed by atoms with van der Waals surface area (Å²) < 4.78 is 11.3. The van der Waals surface area contributed by atoms with Crippen molar-refractivity contribution in [1.82, 2.24) is 4.90 Å². The first-order valence-electron chi connectivity index (χ1n) is 11.4. The van der Waals surface area contributed by atoms with Crippen LogP contribution in [0.1, 0.15) is 20.3 Å². The second-order valence-electron chi connectivity index (χ2n) is 8.19. The zero-order chi connectivity index (χ0) is 25.8. The molecule has 0 aromatic heterocycles. The molecule has 2 aromatic carbocycles. The summed E-state index contributed by atoms with van der Waals surface area (Å²) in [6.45, 7) is 5.17. The molecule has 1 aliphatic rings. The molecule has 0 bridgehead atoms. The summed E-state index contributed by atoms with van der Waals surface area (Å²) in [6, 6.07) is 14.4.